The molecule has 0 saturated heterocycles. The Hall–Kier alpha value is -3.16. The molecule has 1 aromatic carbocycles. The second-order valence-electron chi connectivity index (χ2n) is 9.09. The van der Waals surface area contributed by atoms with Crippen molar-refractivity contribution in [3.63, 3.8) is 0 Å². The van der Waals surface area contributed by atoms with Crippen molar-refractivity contribution in [1.29, 1.82) is 0 Å². The molecule has 0 unspecified atom stereocenters. The molecule has 1 aliphatic heterocycles. The normalized spacial score (nSPS) is 15.2. The van der Waals surface area contributed by atoms with Gasteiger partial charge in [0.15, 0.2) is 0 Å². The fourth-order valence-electron chi connectivity index (χ4n) is 3.04. The van der Waals surface area contributed by atoms with Crippen molar-refractivity contribution in [2.24, 2.45) is 0 Å². The van der Waals surface area contributed by atoms with Crippen LogP contribution in [0.4, 0.5) is 5.69 Å². The minimum absolute atomic E-state index is 0.116. The Morgan fingerprint density at radius 3 is 1.77 bits per heavy atom. The summed E-state index contributed by atoms with van der Waals surface area (Å²) in [6.07, 6.45) is 3.03. The van der Waals surface area contributed by atoms with Crippen LogP contribution >= 0.6 is 0 Å². The van der Waals surface area contributed by atoms with Gasteiger partial charge in [-0.1, -0.05) is 18.2 Å². The second-order valence-corrected chi connectivity index (χ2v) is 9.09. The van der Waals surface area contributed by atoms with E-state index < -0.39 is 34.0 Å². The first-order chi connectivity index (χ1) is 13.7. The Labute approximate surface area is 176 Å². The number of nitro benzene ring substituents is 1. The molecule has 1 aliphatic rings. The minimum Gasteiger partial charge on any atom is -0.457 e. The summed E-state index contributed by atoms with van der Waals surface area (Å²) >= 11 is 0. The Balaban J connectivity index is 2.66. The molecule has 0 fully saturated rings. The third-order valence-electron chi connectivity index (χ3n) is 4.02. The molecular formula is C22H28N2O6. The Morgan fingerprint density at radius 1 is 0.933 bits per heavy atom. The van der Waals surface area contributed by atoms with Gasteiger partial charge in [0.25, 0.3) is 5.69 Å². The largest absolute Gasteiger partial charge is 0.457 e. The summed E-state index contributed by atoms with van der Waals surface area (Å²) in [5.74, 6) is -2.33. The SMILES string of the molecule is CN1C=C(C(=O)OC(C)(C)C)C(c2ccccc2[N+](=O)[O-])C(C(=O)OC(C)(C)C)=C1. The van der Waals surface area contributed by atoms with Crippen LogP contribution in [-0.4, -0.2) is 40.0 Å². The first kappa shape index (κ1) is 23.1. The second kappa shape index (κ2) is 8.30. The molecule has 0 aromatic heterocycles. The molecule has 0 atom stereocenters. The standard InChI is InChI=1S/C22H28N2O6/c1-21(2,3)29-19(25)15-12-23(7)13-16(20(26)30-22(4,5)6)18(15)14-10-8-9-11-17(14)24(27)28/h8-13,18H,1-7H3. The van der Waals surface area contributed by atoms with Crippen molar-refractivity contribution in [1.82, 2.24) is 4.90 Å². The van der Waals surface area contributed by atoms with Crippen LogP contribution in [0.2, 0.25) is 0 Å². The minimum atomic E-state index is -1.01. The number of carbonyl (C=O) groups excluding carboxylic acids is 2. The van der Waals surface area contributed by atoms with Crippen molar-refractivity contribution in [3.8, 4) is 0 Å². The predicted molar refractivity (Wildman–Crippen MR) is 111 cm³/mol. The third-order valence-corrected chi connectivity index (χ3v) is 4.02. The lowest BCUT2D eigenvalue weighted by atomic mass is 9.82. The highest BCUT2D eigenvalue weighted by atomic mass is 16.6. The summed E-state index contributed by atoms with van der Waals surface area (Å²) < 4.78 is 11.0. The van der Waals surface area contributed by atoms with E-state index >= 15 is 0 Å². The highest BCUT2D eigenvalue weighted by Gasteiger charge is 2.40. The zero-order chi connectivity index (χ0) is 22.9. The van der Waals surface area contributed by atoms with E-state index in [4.69, 9.17) is 9.47 Å². The summed E-state index contributed by atoms with van der Waals surface area (Å²) in [6.45, 7) is 10.3. The van der Waals surface area contributed by atoms with E-state index in [0.29, 0.717) is 0 Å². The highest BCUT2D eigenvalue weighted by Crippen LogP contribution is 2.41. The first-order valence-corrected chi connectivity index (χ1v) is 9.55. The summed E-state index contributed by atoms with van der Waals surface area (Å²) in [7, 11) is 1.66. The van der Waals surface area contributed by atoms with Crippen LogP contribution in [-0.2, 0) is 19.1 Å². The van der Waals surface area contributed by atoms with Crippen LogP contribution in [0, 0.1) is 10.1 Å². The summed E-state index contributed by atoms with van der Waals surface area (Å²) in [5, 5.41) is 11.7. The summed E-state index contributed by atoms with van der Waals surface area (Å²) in [4.78, 5) is 38.7. The van der Waals surface area contributed by atoms with Gasteiger partial charge < -0.3 is 14.4 Å². The van der Waals surface area contributed by atoms with E-state index in [-0.39, 0.29) is 22.4 Å². The van der Waals surface area contributed by atoms with Gasteiger partial charge in [0.05, 0.1) is 22.0 Å². The molecule has 0 radical (unpaired) electrons. The van der Waals surface area contributed by atoms with E-state index in [1.165, 1.54) is 30.6 Å². The Bertz CT molecular complexity index is 872. The van der Waals surface area contributed by atoms with Gasteiger partial charge >= 0.3 is 11.9 Å². The monoisotopic (exact) mass is 416 g/mol. The van der Waals surface area contributed by atoms with Crippen LogP contribution in [0.15, 0.2) is 47.8 Å². The molecule has 8 heteroatoms. The zero-order valence-electron chi connectivity index (χ0n) is 18.4. The fraction of sp³-hybridized carbons (Fsp3) is 0.455. The van der Waals surface area contributed by atoms with Gasteiger partial charge in [-0.2, -0.15) is 0 Å². The molecular weight excluding hydrogens is 388 g/mol. The van der Waals surface area contributed by atoms with Gasteiger partial charge in [-0.15, -0.1) is 0 Å². The molecule has 2 rings (SSSR count). The zero-order valence-corrected chi connectivity index (χ0v) is 18.4. The number of ether oxygens (including phenoxy) is 2. The predicted octanol–water partition coefficient (Wildman–Crippen LogP) is 4.08. The van der Waals surface area contributed by atoms with Gasteiger partial charge in [0.2, 0.25) is 0 Å². The quantitative estimate of drug-likeness (QED) is 0.414. The van der Waals surface area contributed by atoms with Crippen LogP contribution < -0.4 is 0 Å². The van der Waals surface area contributed by atoms with Crippen molar-refractivity contribution in [2.75, 3.05) is 7.05 Å². The average molecular weight is 416 g/mol. The van der Waals surface area contributed by atoms with Crippen molar-refractivity contribution >= 4 is 17.6 Å². The van der Waals surface area contributed by atoms with Crippen molar-refractivity contribution in [2.45, 2.75) is 58.7 Å². The van der Waals surface area contributed by atoms with Gasteiger partial charge in [0, 0.05) is 31.1 Å². The number of carbonyl (C=O) groups is 2. The van der Waals surface area contributed by atoms with E-state index in [2.05, 4.69) is 0 Å². The Kier molecular flexibility index (Phi) is 6.39. The molecule has 0 spiro atoms. The number of hydrogen-bond acceptors (Lipinski definition) is 7. The molecule has 0 saturated carbocycles. The smallest absolute Gasteiger partial charge is 0.337 e. The maximum absolute atomic E-state index is 13.0. The maximum atomic E-state index is 13.0. The summed E-state index contributed by atoms with van der Waals surface area (Å²) in [5.41, 5.74) is -1.32. The lowest BCUT2D eigenvalue weighted by Crippen LogP contribution is -2.33. The molecule has 8 nitrogen and oxygen atoms in total. The van der Waals surface area contributed by atoms with Crippen molar-refractivity contribution in [3.05, 3.63) is 63.5 Å². The molecule has 0 N–H and O–H groups in total. The third kappa shape index (κ3) is 5.68. The van der Waals surface area contributed by atoms with Crippen LogP contribution in [0.3, 0.4) is 0 Å². The first-order valence-electron chi connectivity index (χ1n) is 9.55. The van der Waals surface area contributed by atoms with Gasteiger partial charge in [-0.25, -0.2) is 9.59 Å². The topological polar surface area (TPSA) is 99.0 Å². The molecule has 0 amide bonds. The van der Waals surface area contributed by atoms with Crippen LogP contribution in [0.1, 0.15) is 53.0 Å². The summed E-state index contributed by atoms with van der Waals surface area (Å²) in [6, 6.07) is 6.03. The highest BCUT2D eigenvalue weighted by molar-refractivity contribution is 5.99. The molecule has 162 valence electrons. The van der Waals surface area contributed by atoms with Crippen LogP contribution in [0.25, 0.3) is 0 Å². The van der Waals surface area contributed by atoms with Crippen molar-refractivity contribution < 1.29 is 24.0 Å². The van der Waals surface area contributed by atoms with Gasteiger partial charge in [0.1, 0.15) is 11.2 Å². The van der Waals surface area contributed by atoms with E-state index in [9.17, 15) is 19.7 Å². The molecule has 30 heavy (non-hydrogen) atoms. The number of benzene rings is 1. The Morgan fingerprint density at radius 2 is 1.37 bits per heavy atom. The van der Waals surface area contributed by atoms with E-state index in [1.54, 1.807) is 59.6 Å². The molecule has 0 bridgehead atoms. The fourth-order valence-corrected chi connectivity index (χ4v) is 3.04. The molecule has 0 aliphatic carbocycles. The van der Waals surface area contributed by atoms with E-state index in [0.717, 1.165) is 0 Å². The number of nitro groups is 1. The number of rotatable bonds is 4. The number of nitrogens with zero attached hydrogens (tertiary/aromatic N) is 2. The number of esters is 2. The number of para-hydroxylation sites is 1. The lowest BCUT2D eigenvalue weighted by Gasteiger charge is -2.31. The average Bonchev–Trinajstić information content (AvgIpc) is 2.58. The number of hydrogen-bond donors (Lipinski definition) is 0. The van der Waals surface area contributed by atoms with Gasteiger partial charge in [-0.3, -0.25) is 10.1 Å². The molecule has 1 aromatic rings. The molecule has 1 heterocycles. The van der Waals surface area contributed by atoms with E-state index in [1.807, 2.05) is 0 Å². The maximum Gasteiger partial charge on any atom is 0.337 e. The van der Waals surface area contributed by atoms with Crippen LogP contribution in [0.5, 0.6) is 0 Å². The lowest BCUT2D eigenvalue weighted by molar-refractivity contribution is -0.385. The van der Waals surface area contributed by atoms with Gasteiger partial charge in [-0.05, 0) is 41.5 Å².